The van der Waals surface area contributed by atoms with Crippen LogP contribution in [0.15, 0.2) is 29.2 Å². The molecular formula is C15H22N2O3S. The van der Waals surface area contributed by atoms with Gasteiger partial charge in [0.05, 0.1) is 35.0 Å². The number of benzene rings is 1. The van der Waals surface area contributed by atoms with Crippen LogP contribution in [0.1, 0.15) is 19.4 Å². The van der Waals surface area contributed by atoms with Crippen molar-refractivity contribution < 1.29 is 13.2 Å². The molecule has 1 aromatic carbocycles. The minimum absolute atomic E-state index is 0.0527. The first-order chi connectivity index (χ1) is 9.85. The van der Waals surface area contributed by atoms with Crippen molar-refractivity contribution in [3.8, 4) is 6.07 Å². The van der Waals surface area contributed by atoms with Gasteiger partial charge in [-0.3, -0.25) is 0 Å². The van der Waals surface area contributed by atoms with Crippen LogP contribution in [-0.4, -0.2) is 51.9 Å². The van der Waals surface area contributed by atoms with Gasteiger partial charge in [0, 0.05) is 13.1 Å². The number of rotatable bonds is 8. The molecule has 0 radical (unpaired) electrons. The predicted octanol–water partition coefficient (Wildman–Crippen LogP) is 1.69. The van der Waals surface area contributed by atoms with Gasteiger partial charge in [0.1, 0.15) is 0 Å². The number of likely N-dealkylation sites (N-methyl/N-ethyl adjacent to an activating group) is 1. The molecule has 116 valence electrons. The first-order valence-electron chi connectivity index (χ1n) is 6.88. The Kier molecular flexibility index (Phi) is 6.82. The Labute approximate surface area is 127 Å². The Hall–Kier alpha value is -1.42. The maximum absolute atomic E-state index is 12.2. The summed E-state index contributed by atoms with van der Waals surface area (Å²) in [5, 5.41) is 8.71. The molecule has 0 spiro atoms. The summed E-state index contributed by atoms with van der Waals surface area (Å²) in [6, 6.07) is 7.98. The fourth-order valence-corrected chi connectivity index (χ4v) is 3.03. The predicted molar refractivity (Wildman–Crippen MR) is 81.8 cm³/mol. The van der Waals surface area contributed by atoms with Crippen LogP contribution in [-0.2, 0) is 14.6 Å². The molecule has 0 unspecified atom stereocenters. The minimum atomic E-state index is -3.31. The van der Waals surface area contributed by atoms with E-state index < -0.39 is 9.84 Å². The van der Waals surface area contributed by atoms with Crippen LogP contribution < -0.4 is 0 Å². The average molecular weight is 310 g/mol. The summed E-state index contributed by atoms with van der Waals surface area (Å²) in [5.41, 5.74) is 0.455. The molecule has 0 saturated heterocycles. The topological polar surface area (TPSA) is 70.4 Å². The van der Waals surface area contributed by atoms with Crippen molar-refractivity contribution in [1.82, 2.24) is 4.90 Å². The number of sulfone groups is 1. The maximum atomic E-state index is 12.2. The van der Waals surface area contributed by atoms with Crippen molar-refractivity contribution in [2.45, 2.75) is 24.8 Å². The second-order valence-electron chi connectivity index (χ2n) is 5.18. The molecule has 0 bridgehead atoms. The van der Waals surface area contributed by atoms with Gasteiger partial charge in [0.2, 0.25) is 0 Å². The van der Waals surface area contributed by atoms with E-state index in [1.165, 1.54) is 24.3 Å². The Bertz CT molecular complexity index is 574. The lowest BCUT2D eigenvalue weighted by Gasteiger charge is -2.17. The van der Waals surface area contributed by atoms with E-state index in [0.717, 1.165) is 0 Å². The first kappa shape index (κ1) is 17.6. The summed E-state index contributed by atoms with van der Waals surface area (Å²) in [7, 11) is -1.44. The second kappa shape index (κ2) is 8.13. The number of hydrogen-bond acceptors (Lipinski definition) is 5. The van der Waals surface area contributed by atoms with Crippen molar-refractivity contribution in [3.63, 3.8) is 0 Å². The summed E-state index contributed by atoms with van der Waals surface area (Å²) in [5.74, 6) is 0.0527. The van der Waals surface area contributed by atoms with Gasteiger partial charge in [-0.2, -0.15) is 5.26 Å². The van der Waals surface area contributed by atoms with Crippen LogP contribution in [0.3, 0.4) is 0 Å². The monoisotopic (exact) mass is 310 g/mol. The third-order valence-electron chi connectivity index (χ3n) is 3.01. The molecule has 6 heteroatoms. The average Bonchev–Trinajstić information content (AvgIpc) is 2.45. The third-order valence-corrected chi connectivity index (χ3v) is 4.72. The van der Waals surface area contributed by atoms with Gasteiger partial charge in [-0.1, -0.05) is 0 Å². The smallest absolute Gasteiger partial charge is 0.179 e. The van der Waals surface area contributed by atoms with Gasteiger partial charge in [-0.15, -0.1) is 0 Å². The van der Waals surface area contributed by atoms with Crippen LogP contribution in [0.25, 0.3) is 0 Å². The molecule has 0 aliphatic rings. The summed E-state index contributed by atoms with van der Waals surface area (Å²) in [4.78, 5) is 2.19. The molecule has 5 nitrogen and oxygen atoms in total. The molecule has 0 heterocycles. The van der Waals surface area contributed by atoms with Crippen LogP contribution in [0.2, 0.25) is 0 Å². The molecular weight excluding hydrogens is 288 g/mol. The molecule has 21 heavy (non-hydrogen) atoms. The number of hydrogen-bond donors (Lipinski definition) is 0. The lowest BCUT2D eigenvalue weighted by atomic mass is 10.2. The van der Waals surface area contributed by atoms with Crippen molar-refractivity contribution >= 4 is 9.84 Å². The first-order valence-corrected chi connectivity index (χ1v) is 8.53. The van der Waals surface area contributed by atoms with E-state index in [0.29, 0.717) is 25.3 Å². The number of ether oxygens (including phenoxy) is 1. The van der Waals surface area contributed by atoms with Crippen LogP contribution in [0.5, 0.6) is 0 Å². The van der Waals surface area contributed by atoms with Gasteiger partial charge in [0.25, 0.3) is 0 Å². The molecule has 1 rings (SSSR count). The van der Waals surface area contributed by atoms with Gasteiger partial charge < -0.3 is 9.64 Å². The Morgan fingerprint density at radius 3 is 2.38 bits per heavy atom. The van der Waals surface area contributed by atoms with Crippen LogP contribution in [0, 0.1) is 11.3 Å². The molecule has 1 aromatic rings. The zero-order chi connectivity index (χ0) is 15.9. The number of nitriles is 1. The van der Waals surface area contributed by atoms with Gasteiger partial charge in [-0.25, -0.2) is 8.42 Å². The highest BCUT2D eigenvalue weighted by Crippen LogP contribution is 2.12. The fraction of sp³-hybridized carbons (Fsp3) is 0.533. The zero-order valence-corrected chi connectivity index (χ0v) is 13.6. The van der Waals surface area contributed by atoms with E-state index in [9.17, 15) is 8.42 Å². The van der Waals surface area contributed by atoms with Crippen LogP contribution in [0.4, 0.5) is 0 Å². The summed E-state index contributed by atoms with van der Waals surface area (Å²) >= 11 is 0. The van der Waals surface area contributed by atoms with Crippen LogP contribution >= 0.6 is 0 Å². The Balaban J connectivity index is 2.50. The van der Waals surface area contributed by atoms with E-state index in [1.54, 1.807) is 0 Å². The molecule has 0 fully saturated rings. The van der Waals surface area contributed by atoms with E-state index in [2.05, 4.69) is 0 Å². The van der Waals surface area contributed by atoms with E-state index in [4.69, 9.17) is 10.00 Å². The summed E-state index contributed by atoms with van der Waals surface area (Å²) < 4.78 is 29.8. The quantitative estimate of drug-likeness (QED) is 0.731. The largest absolute Gasteiger partial charge is 0.377 e. The standard InChI is InChI=1S/C15H22N2O3S/c1-13(2)20-10-8-17(3)9-11-21(18,19)15-6-4-14(12-16)5-7-15/h4-7,13H,8-11H2,1-3H3. The van der Waals surface area contributed by atoms with Gasteiger partial charge >= 0.3 is 0 Å². The normalized spacial score (nSPS) is 11.8. The summed E-state index contributed by atoms with van der Waals surface area (Å²) in [6.45, 7) is 5.67. The van der Waals surface area contributed by atoms with Crippen molar-refractivity contribution in [3.05, 3.63) is 29.8 Å². The fourth-order valence-electron chi connectivity index (χ4n) is 1.69. The van der Waals surface area contributed by atoms with Gasteiger partial charge in [-0.05, 0) is 45.2 Å². The minimum Gasteiger partial charge on any atom is -0.377 e. The zero-order valence-electron chi connectivity index (χ0n) is 12.7. The lowest BCUT2D eigenvalue weighted by molar-refractivity contribution is 0.0648. The third kappa shape index (κ3) is 6.25. The molecule has 0 aliphatic carbocycles. The van der Waals surface area contributed by atoms with Crippen molar-refractivity contribution in [1.29, 1.82) is 5.26 Å². The van der Waals surface area contributed by atoms with E-state index in [-0.39, 0.29) is 16.8 Å². The SMILES string of the molecule is CC(C)OCCN(C)CCS(=O)(=O)c1ccc(C#N)cc1. The van der Waals surface area contributed by atoms with Gasteiger partial charge in [0.15, 0.2) is 9.84 Å². The number of nitrogens with zero attached hydrogens (tertiary/aromatic N) is 2. The highest BCUT2D eigenvalue weighted by Gasteiger charge is 2.15. The van der Waals surface area contributed by atoms with Crippen molar-refractivity contribution in [2.24, 2.45) is 0 Å². The molecule has 0 aliphatic heterocycles. The molecule has 0 saturated carbocycles. The van der Waals surface area contributed by atoms with Crippen molar-refractivity contribution in [2.75, 3.05) is 32.5 Å². The highest BCUT2D eigenvalue weighted by molar-refractivity contribution is 7.91. The molecule has 0 aromatic heterocycles. The maximum Gasteiger partial charge on any atom is 0.179 e. The highest BCUT2D eigenvalue weighted by atomic mass is 32.2. The molecule has 0 amide bonds. The summed E-state index contributed by atoms with van der Waals surface area (Å²) in [6.07, 6.45) is 0.181. The lowest BCUT2D eigenvalue weighted by Crippen LogP contribution is -2.29. The van der Waals surface area contributed by atoms with E-state index >= 15 is 0 Å². The Morgan fingerprint density at radius 1 is 1.24 bits per heavy atom. The molecule has 0 atom stereocenters. The van der Waals surface area contributed by atoms with E-state index in [1.807, 2.05) is 31.9 Å². The second-order valence-corrected chi connectivity index (χ2v) is 7.29. The molecule has 0 N–H and O–H groups in total. The Morgan fingerprint density at radius 2 is 1.86 bits per heavy atom.